The summed E-state index contributed by atoms with van der Waals surface area (Å²) < 4.78 is 2.47. The third-order valence-corrected chi connectivity index (χ3v) is 11.1. The summed E-state index contributed by atoms with van der Waals surface area (Å²) in [4.78, 5) is 5.76. The number of aromatic nitrogens is 2. The summed E-state index contributed by atoms with van der Waals surface area (Å²) in [5, 5.41) is 2.49. The Morgan fingerprint density at radius 3 is 1.66 bits per heavy atom. The van der Waals surface area contributed by atoms with Crippen LogP contribution < -0.4 is 0 Å². The Balaban J connectivity index is 1.44. The number of rotatable bonds is 8. The van der Waals surface area contributed by atoms with Crippen LogP contribution in [0.4, 0.5) is 0 Å². The van der Waals surface area contributed by atoms with Crippen LogP contribution in [0.3, 0.4) is 0 Å². The SMILES string of the molecule is C1=CCCC(/C(=C\c2c3ccccc3c(/C=C(/C3=CCCC=C3)C3=CC=CCC3)c3c2nc(C2=CC=CCC2)n3-c2ccccc2)C2=CCCC=C2)=C1. The van der Waals surface area contributed by atoms with Crippen LogP contribution in [0.25, 0.3) is 45.2 Å². The van der Waals surface area contributed by atoms with Gasteiger partial charge in [0.05, 0.1) is 11.0 Å². The topological polar surface area (TPSA) is 17.8 Å². The number of hydrogen-bond acceptors (Lipinski definition) is 1. The molecule has 3 aromatic carbocycles. The van der Waals surface area contributed by atoms with Crippen molar-refractivity contribution in [2.45, 2.75) is 64.2 Å². The molecule has 0 bridgehead atoms. The van der Waals surface area contributed by atoms with Gasteiger partial charge < -0.3 is 0 Å². The first-order valence-corrected chi connectivity index (χ1v) is 19.6. The van der Waals surface area contributed by atoms with Crippen LogP contribution in [0.2, 0.25) is 0 Å². The highest BCUT2D eigenvalue weighted by atomic mass is 15.1. The van der Waals surface area contributed by atoms with Gasteiger partial charge in [0.25, 0.3) is 0 Å². The van der Waals surface area contributed by atoms with Crippen LogP contribution in [-0.2, 0) is 0 Å². The van der Waals surface area contributed by atoms with Crippen LogP contribution in [0.5, 0.6) is 0 Å². The molecule has 1 aromatic heterocycles. The third kappa shape index (κ3) is 6.59. The number of fused-ring (bicyclic) bond motifs is 2. The van der Waals surface area contributed by atoms with E-state index in [2.05, 4.69) is 162 Å². The Kier molecular flexibility index (Phi) is 9.43. The molecule has 5 aliphatic carbocycles. The molecule has 260 valence electrons. The van der Waals surface area contributed by atoms with Crippen molar-refractivity contribution >= 4 is 39.5 Å². The lowest BCUT2D eigenvalue weighted by atomic mass is 9.85. The van der Waals surface area contributed by atoms with Gasteiger partial charge in [-0.2, -0.15) is 0 Å². The quantitative estimate of drug-likeness (QED) is 0.180. The minimum absolute atomic E-state index is 0.965. The highest BCUT2D eigenvalue weighted by Gasteiger charge is 2.25. The van der Waals surface area contributed by atoms with Crippen LogP contribution >= 0.6 is 0 Å². The first-order chi connectivity index (χ1) is 26.3. The molecule has 9 rings (SSSR count). The van der Waals surface area contributed by atoms with Crippen molar-refractivity contribution in [3.63, 3.8) is 0 Å². The summed E-state index contributed by atoms with van der Waals surface area (Å²) in [6, 6.07) is 20.0. The van der Waals surface area contributed by atoms with Crippen molar-refractivity contribution in [1.82, 2.24) is 9.55 Å². The van der Waals surface area contributed by atoms with Crippen molar-refractivity contribution in [1.29, 1.82) is 0 Å². The van der Waals surface area contributed by atoms with Crippen molar-refractivity contribution in [3.05, 3.63) is 196 Å². The summed E-state index contributed by atoms with van der Waals surface area (Å²) in [7, 11) is 0. The fourth-order valence-corrected chi connectivity index (χ4v) is 8.48. The molecule has 53 heavy (non-hydrogen) atoms. The highest BCUT2D eigenvalue weighted by molar-refractivity contribution is 6.12. The molecule has 2 nitrogen and oxygen atoms in total. The summed E-state index contributed by atoms with van der Waals surface area (Å²) in [5.74, 6) is 1.03. The zero-order valence-electron chi connectivity index (χ0n) is 30.5. The second-order valence-electron chi connectivity index (χ2n) is 14.5. The van der Waals surface area contributed by atoms with E-state index >= 15 is 0 Å². The molecule has 2 heteroatoms. The minimum Gasteiger partial charge on any atom is -0.292 e. The molecule has 5 aliphatic rings. The number of para-hydroxylation sites is 1. The average Bonchev–Trinajstić information content (AvgIpc) is 3.65. The van der Waals surface area contributed by atoms with Crippen LogP contribution in [0.15, 0.2) is 179 Å². The highest BCUT2D eigenvalue weighted by Crippen LogP contribution is 2.43. The Hall–Kier alpha value is -5.73. The number of allylic oxidation sites excluding steroid dienone is 22. The van der Waals surface area contributed by atoms with Gasteiger partial charge in [0, 0.05) is 16.8 Å². The van der Waals surface area contributed by atoms with E-state index in [1.165, 1.54) is 66.4 Å². The second kappa shape index (κ2) is 15.1. The Morgan fingerprint density at radius 2 is 1.11 bits per heavy atom. The standard InChI is InChI=1S/C51H46N2/c1-7-21-37(22-8-1)45(38-23-9-2-10-24-38)35-47-43-33-19-20-34-44(43)48(36-46(39-25-11-3-12-26-39)40-27-13-4-14-28-40)50-49(47)52-51(41-29-15-5-16-30-41)53(50)42-31-17-6-18-32-42/h1,3,5-7,9,11,13,15,17-21,23-25,27-29,31-36H,2,4,8,10,12,14,16,22,26,30H2/b45-35+,46-36+. The molecule has 0 aliphatic heterocycles. The zero-order chi connectivity index (χ0) is 35.4. The van der Waals surface area contributed by atoms with Gasteiger partial charge in [-0.15, -0.1) is 0 Å². The van der Waals surface area contributed by atoms with E-state index in [0.717, 1.165) is 81.2 Å². The maximum atomic E-state index is 5.76. The first-order valence-electron chi connectivity index (χ1n) is 19.6. The first kappa shape index (κ1) is 33.1. The van der Waals surface area contributed by atoms with Gasteiger partial charge in [-0.1, -0.05) is 134 Å². The van der Waals surface area contributed by atoms with Gasteiger partial charge in [-0.05, 0) is 138 Å². The van der Waals surface area contributed by atoms with Crippen molar-refractivity contribution in [2.75, 3.05) is 0 Å². The fraction of sp³-hybridized carbons (Fsp3) is 0.196. The Bertz CT molecular complexity index is 2470. The predicted octanol–water partition coefficient (Wildman–Crippen LogP) is 13.8. The molecule has 0 saturated carbocycles. The molecule has 0 fully saturated rings. The third-order valence-electron chi connectivity index (χ3n) is 11.1. The summed E-state index contributed by atoms with van der Waals surface area (Å²) >= 11 is 0. The zero-order valence-corrected chi connectivity index (χ0v) is 30.5. The lowest BCUT2D eigenvalue weighted by Gasteiger charge is -2.20. The van der Waals surface area contributed by atoms with E-state index in [9.17, 15) is 0 Å². The fourth-order valence-electron chi connectivity index (χ4n) is 8.48. The molecular weight excluding hydrogens is 641 g/mol. The number of benzene rings is 3. The monoisotopic (exact) mass is 686 g/mol. The van der Waals surface area contributed by atoms with Gasteiger partial charge in [0.2, 0.25) is 0 Å². The van der Waals surface area contributed by atoms with Gasteiger partial charge in [0.15, 0.2) is 0 Å². The molecule has 0 spiro atoms. The van der Waals surface area contributed by atoms with Crippen molar-refractivity contribution < 1.29 is 0 Å². The predicted molar refractivity (Wildman–Crippen MR) is 227 cm³/mol. The van der Waals surface area contributed by atoms with E-state index in [-0.39, 0.29) is 0 Å². The Labute approximate surface area is 314 Å². The molecule has 0 unspecified atom stereocenters. The minimum atomic E-state index is 0.965. The molecular formula is C51H46N2. The van der Waals surface area contributed by atoms with Crippen LogP contribution in [0, 0.1) is 0 Å². The van der Waals surface area contributed by atoms with E-state index in [1.807, 2.05) is 0 Å². The summed E-state index contributed by atoms with van der Waals surface area (Å²) in [5.41, 5.74) is 15.1. The average molecular weight is 687 g/mol. The van der Waals surface area contributed by atoms with Gasteiger partial charge in [0.1, 0.15) is 5.82 Å². The van der Waals surface area contributed by atoms with Crippen LogP contribution in [-0.4, -0.2) is 9.55 Å². The summed E-state index contributed by atoms with van der Waals surface area (Å²) in [6.45, 7) is 0. The normalized spacial score (nSPS) is 19.0. The van der Waals surface area contributed by atoms with E-state index in [0.29, 0.717) is 0 Å². The largest absolute Gasteiger partial charge is 0.292 e. The van der Waals surface area contributed by atoms with Crippen molar-refractivity contribution in [3.8, 4) is 5.69 Å². The van der Waals surface area contributed by atoms with Gasteiger partial charge >= 0.3 is 0 Å². The Morgan fingerprint density at radius 1 is 0.547 bits per heavy atom. The molecule has 0 radical (unpaired) electrons. The number of imidazole rings is 1. The molecule has 0 saturated heterocycles. The van der Waals surface area contributed by atoms with Crippen molar-refractivity contribution in [2.24, 2.45) is 0 Å². The summed E-state index contributed by atoms with van der Waals surface area (Å²) in [6.07, 6.45) is 50.2. The maximum absolute atomic E-state index is 5.76. The van der Waals surface area contributed by atoms with Gasteiger partial charge in [-0.25, -0.2) is 4.98 Å². The lowest BCUT2D eigenvalue weighted by Crippen LogP contribution is -2.04. The molecule has 0 atom stereocenters. The lowest BCUT2D eigenvalue weighted by molar-refractivity contribution is 0.966. The molecule has 4 aromatic rings. The molecule has 0 amide bonds. The molecule has 1 heterocycles. The smallest absolute Gasteiger partial charge is 0.141 e. The van der Waals surface area contributed by atoms with E-state index < -0.39 is 0 Å². The maximum Gasteiger partial charge on any atom is 0.141 e. The van der Waals surface area contributed by atoms with Crippen LogP contribution in [0.1, 0.15) is 81.2 Å². The van der Waals surface area contributed by atoms with E-state index in [1.54, 1.807) is 0 Å². The van der Waals surface area contributed by atoms with Gasteiger partial charge in [-0.3, -0.25) is 4.57 Å². The number of hydrogen-bond donors (Lipinski definition) is 0. The second-order valence-corrected chi connectivity index (χ2v) is 14.5. The van der Waals surface area contributed by atoms with E-state index in [4.69, 9.17) is 4.98 Å². The molecule has 0 N–H and O–H groups in total. The number of nitrogens with zero attached hydrogens (tertiary/aromatic N) is 2.